The maximum absolute atomic E-state index is 12.1. The van der Waals surface area contributed by atoms with Crippen molar-refractivity contribution in [2.75, 3.05) is 18.8 Å². The van der Waals surface area contributed by atoms with Crippen molar-refractivity contribution in [3.05, 3.63) is 16.8 Å². The fourth-order valence-corrected chi connectivity index (χ4v) is 4.83. The normalized spacial score (nSPS) is 18.3. The van der Waals surface area contributed by atoms with Crippen molar-refractivity contribution in [2.24, 2.45) is 0 Å². The molecule has 7 heteroatoms. The molecule has 1 atom stereocenters. The molecule has 1 amide bonds. The van der Waals surface area contributed by atoms with E-state index < -0.39 is 0 Å². The average Bonchev–Trinajstić information content (AvgIpc) is 2.84. The molecule has 0 aliphatic carbocycles. The van der Waals surface area contributed by atoms with Crippen LogP contribution < -0.4 is 10.6 Å². The molecule has 0 aromatic carbocycles. The first-order valence-corrected chi connectivity index (χ1v) is 9.79. The lowest BCUT2D eigenvalue weighted by Crippen LogP contribution is -2.45. The van der Waals surface area contributed by atoms with Gasteiger partial charge < -0.3 is 10.6 Å². The summed E-state index contributed by atoms with van der Waals surface area (Å²) in [6.07, 6.45) is 4.35. The van der Waals surface area contributed by atoms with E-state index in [1.165, 1.54) is 10.4 Å². The molecule has 2 aromatic heterocycles. The molecule has 1 fully saturated rings. The molecule has 0 spiro atoms. The summed E-state index contributed by atoms with van der Waals surface area (Å²) in [5.74, 6) is 0.876. The van der Waals surface area contributed by atoms with Crippen molar-refractivity contribution >= 4 is 39.2 Å². The number of piperidine rings is 1. The topological polar surface area (TPSA) is 66.9 Å². The minimum Gasteiger partial charge on any atom is -0.352 e. The lowest BCUT2D eigenvalue weighted by Gasteiger charge is -2.23. The van der Waals surface area contributed by atoms with Gasteiger partial charge in [0.15, 0.2) is 0 Å². The van der Waals surface area contributed by atoms with Gasteiger partial charge in [0.2, 0.25) is 5.91 Å². The Bertz CT molecular complexity index is 695. The van der Waals surface area contributed by atoms with Crippen molar-refractivity contribution in [3.63, 3.8) is 0 Å². The largest absolute Gasteiger partial charge is 0.352 e. The number of nitrogens with zero attached hydrogens (tertiary/aromatic N) is 2. The molecule has 124 valence electrons. The van der Waals surface area contributed by atoms with Crippen molar-refractivity contribution < 1.29 is 4.79 Å². The van der Waals surface area contributed by atoms with Crippen LogP contribution in [0.4, 0.5) is 0 Å². The van der Waals surface area contributed by atoms with E-state index in [0.29, 0.717) is 6.42 Å². The minimum atomic E-state index is 0.134. The fraction of sp³-hybridized carbons (Fsp3) is 0.562. The summed E-state index contributed by atoms with van der Waals surface area (Å²) in [6.45, 7) is 6.18. The van der Waals surface area contributed by atoms with E-state index in [1.807, 2.05) is 0 Å². The summed E-state index contributed by atoms with van der Waals surface area (Å²) in [6, 6.07) is 0.286. The van der Waals surface area contributed by atoms with Gasteiger partial charge in [0.05, 0.1) is 0 Å². The number of thiophene rings is 1. The van der Waals surface area contributed by atoms with Crippen molar-refractivity contribution in [1.82, 2.24) is 20.6 Å². The molecule has 0 radical (unpaired) electrons. The van der Waals surface area contributed by atoms with Crippen LogP contribution in [0.25, 0.3) is 10.2 Å². The van der Waals surface area contributed by atoms with Gasteiger partial charge in [-0.15, -0.1) is 23.1 Å². The molecule has 1 saturated heterocycles. The first-order chi connectivity index (χ1) is 11.1. The van der Waals surface area contributed by atoms with Gasteiger partial charge in [-0.25, -0.2) is 9.97 Å². The van der Waals surface area contributed by atoms with Crippen LogP contribution >= 0.6 is 23.1 Å². The molecule has 0 unspecified atom stereocenters. The first-order valence-electron chi connectivity index (χ1n) is 7.98. The van der Waals surface area contributed by atoms with Gasteiger partial charge in [0.1, 0.15) is 16.2 Å². The van der Waals surface area contributed by atoms with Crippen LogP contribution in [0.5, 0.6) is 0 Å². The zero-order chi connectivity index (χ0) is 16.2. The van der Waals surface area contributed by atoms with Crippen LogP contribution in [0.2, 0.25) is 0 Å². The number of aryl methyl sites for hydroxylation is 2. The third-order valence-corrected chi connectivity index (χ3v) is 6.27. The van der Waals surface area contributed by atoms with Gasteiger partial charge in [0.25, 0.3) is 0 Å². The Labute approximate surface area is 144 Å². The molecule has 0 saturated carbocycles. The molecule has 1 aliphatic rings. The van der Waals surface area contributed by atoms with Gasteiger partial charge >= 0.3 is 0 Å². The molecule has 3 rings (SSSR count). The van der Waals surface area contributed by atoms with Crippen molar-refractivity contribution in [1.29, 1.82) is 0 Å². The van der Waals surface area contributed by atoms with Crippen LogP contribution in [0.15, 0.2) is 11.4 Å². The third-order valence-electron chi connectivity index (χ3n) is 4.16. The lowest BCUT2D eigenvalue weighted by atomic mass is 10.1. The standard InChI is InChI=1S/C16H22N4OS2/c1-10-11(2)23-16-14(10)15(18-9-19-16)22-7-5-13(21)20-12-4-3-6-17-8-12/h9,12,17H,3-8H2,1-2H3,(H,20,21)/t12-/m0/s1. The minimum absolute atomic E-state index is 0.134. The van der Waals surface area contributed by atoms with Gasteiger partial charge in [-0.05, 0) is 38.8 Å². The maximum Gasteiger partial charge on any atom is 0.221 e. The molecule has 1 aliphatic heterocycles. The highest BCUT2D eigenvalue weighted by atomic mass is 32.2. The highest BCUT2D eigenvalue weighted by Gasteiger charge is 2.16. The summed E-state index contributed by atoms with van der Waals surface area (Å²) in [5.41, 5.74) is 1.26. The molecule has 23 heavy (non-hydrogen) atoms. The van der Waals surface area contributed by atoms with Crippen molar-refractivity contribution in [3.8, 4) is 0 Å². The van der Waals surface area contributed by atoms with E-state index in [-0.39, 0.29) is 11.9 Å². The van der Waals surface area contributed by atoms with Crippen LogP contribution in [0, 0.1) is 13.8 Å². The van der Waals surface area contributed by atoms with Crippen LogP contribution in [0.3, 0.4) is 0 Å². The van der Waals surface area contributed by atoms with E-state index in [2.05, 4.69) is 34.4 Å². The lowest BCUT2D eigenvalue weighted by molar-refractivity contribution is -0.121. The molecule has 5 nitrogen and oxygen atoms in total. The van der Waals surface area contributed by atoms with Crippen LogP contribution in [-0.2, 0) is 4.79 Å². The van der Waals surface area contributed by atoms with Gasteiger partial charge in [-0.3, -0.25) is 4.79 Å². The number of hydrogen-bond donors (Lipinski definition) is 2. The molecule has 2 N–H and O–H groups in total. The predicted molar refractivity (Wildman–Crippen MR) is 96.3 cm³/mol. The van der Waals surface area contributed by atoms with E-state index in [0.717, 1.165) is 46.9 Å². The Hall–Kier alpha value is -1.18. The number of fused-ring (bicyclic) bond motifs is 1. The Morgan fingerprint density at radius 1 is 1.48 bits per heavy atom. The molecule has 2 aromatic rings. The number of aromatic nitrogens is 2. The predicted octanol–water partition coefficient (Wildman–Crippen LogP) is 2.66. The summed E-state index contributed by atoms with van der Waals surface area (Å²) < 4.78 is 0. The number of amides is 1. The molecular formula is C16H22N4OS2. The average molecular weight is 351 g/mol. The third kappa shape index (κ3) is 4.02. The Morgan fingerprint density at radius 3 is 3.13 bits per heavy atom. The number of hydrogen-bond acceptors (Lipinski definition) is 6. The van der Waals surface area contributed by atoms with E-state index in [1.54, 1.807) is 29.4 Å². The number of carbonyl (C=O) groups excluding carboxylic acids is 1. The number of carbonyl (C=O) groups is 1. The second kappa shape index (κ2) is 7.59. The highest BCUT2D eigenvalue weighted by molar-refractivity contribution is 7.99. The van der Waals surface area contributed by atoms with Gasteiger partial charge in [0, 0.05) is 35.0 Å². The van der Waals surface area contributed by atoms with E-state index in [4.69, 9.17) is 0 Å². The number of thioether (sulfide) groups is 1. The van der Waals surface area contributed by atoms with E-state index in [9.17, 15) is 4.79 Å². The Kier molecular flexibility index (Phi) is 5.50. The molecule has 3 heterocycles. The fourth-order valence-electron chi connectivity index (χ4n) is 2.77. The van der Waals surface area contributed by atoms with Crippen molar-refractivity contribution in [2.45, 2.75) is 44.2 Å². The Morgan fingerprint density at radius 2 is 2.35 bits per heavy atom. The first kappa shape index (κ1) is 16.7. The van der Waals surface area contributed by atoms with E-state index >= 15 is 0 Å². The van der Waals surface area contributed by atoms with Crippen LogP contribution in [0.1, 0.15) is 29.7 Å². The highest BCUT2D eigenvalue weighted by Crippen LogP contribution is 2.34. The Balaban J connectivity index is 1.55. The second-order valence-corrected chi connectivity index (χ2v) is 8.14. The summed E-state index contributed by atoms with van der Waals surface area (Å²) in [5, 5.41) is 8.57. The SMILES string of the molecule is Cc1sc2ncnc(SCCC(=O)N[C@H]3CCCNC3)c2c1C. The summed E-state index contributed by atoms with van der Waals surface area (Å²) >= 11 is 3.35. The zero-order valence-electron chi connectivity index (χ0n) is 13.5. The monoisotopic (exact) mass is 350 g/mol. The zero-order valence-corrected chi connectivity index (χ0v) is 15.1. The number of nitrogens with one attached hydrogen (secondary N) is 2. The number of rotatable bonds is 5. The second-order valence-electron chi connectivity index (χ2n) is 5.85. The molecule has 0 bridgehead atoms. The summed E-state index contributed by atoms with van der Waals surface area (Å²) in [7, 11) is 0. The van der Waals surface area contributed by atoms with Crippen LogP contribution in [-0.4, -0.2) is 40.8 Å². The molecular weight excluding hydrogens is 328 g/mol. The van der Waals surface area contributed by atoms with Gasteiger partial charge in [-0.1, -0.05) is 0 Å². The maximum atomic E-state index is 12.1. The smallest absolute Gasteiger partial charge is 0.221 e. The quantitative estimate of drug-likeness (QED) is 0.641. The summed E-state index contributed by atoms with van der Waals surface area (Å²) in [4.78, 5) is 23.1. The van der Waals surface area contributed by atoms with Gasteiger partial charge in [-0.2, -0.15) is 0 Å².